The number of rotatable bonds is 6. The Balaban J connectivity index is 3.42. The first-order valence-electron chi connectivity index (χ1n) is 7.11. The lowest BCUT2D eigenvalue weighted by atomic mass is 9.89. The minimum absolute atomic E-state index is 0.125. The minimum Gasteiger partial charge on any atom is -0.469 e. The highest BCUT2D eigenvalue weighted by atomic mass is 32.2. The Morgan fingerprint density at radius 2 is 1.96 bits per heavy atom. The van der Waals surface area contributed by atoms with Crippen LogP contribution < -0.4 is 4.72 Å². The van der Waals surface area contributed by atoms with Crippen LogP contribution in [0.1, 0.15) is 39.7 Å². The van der Waals surface area contributed by atoms with Gasteiger partial charge in [0.2, 0.25) is 0 Å². The number of halogens is 1. The van der Waals surface area contributed by atoms with Crippen molar-refractivity contribution in [3.63, 3.8) is 0 Å². The lowest BCUT2D eigenvalue weighted by Crippen LogP contribution is -2.48. The molecule has 2 unspecified atom stereocenters. The molecule has 0 fully saturated rings. The quantitative estimate of drug-likeness (QED) is 0.477. The largest absolute Gasteiger partial charge is 0.469 e. The number of benzene rings is 1. The van der Waals surface area contributed by atoms with Crippen LogP contribution >= 0.6 is 0 Å². The molecule has 0 aliphatic rings. The predicted octanol–water partition coefficient (Wildman–Crippen LogP) is 2.56. The molecule has 0 amide bonds. The smallest absolute Gasteiger partial charge is 0.307 e. The fraction of sp³-hybridized carbons (Fsp3) is 0.533. The molecule has 1 rings (SSSR count). The maximum atomic E-state index is 14.3. The van der Waals surface area contributed by atoms with E-state index in [1.165, 1.54) is 14.0 Å². The van der Waals surface area contributed by atoms with Crippen LogP contribution in [0.4, 0.5) is 10.1 Å². The van der Waals surface area contributed by atoms with Crippen molar-refractivity contribution in [3.05, 3.63) is 39.7 Å². The fourth-order valence-electron chi connectivity index (χ4n) is 1.95. The SMILES string of the molecule is COC(=O)CC(C)(NS(=O)C(C)(C)C)c1cc([N+](=O)[O-])ccc1F. The summed E-state index contributed by atoms with van der Waals surface area (Å²) in [7, 11) is -0.472. The summed E-state index contributed by atoms with van der Waals surface area (Å²) in [6, 6.07) is 3.01. The van der Waals surface area contributed by atoms with Crippen molar-refractivity contribution in [2.75, 3.05) is 7.11 Å². The molecule has 2 atom stereocenters. The number of carbonyl (C=O) groups is 1. The van der Waals surface area contributed by atoms with E-state index in [1.807, 2.05) is 0 Å². The van der Waals surface area contributed by atoms with E-state index in [0.29, 0.717) is 0 Å². The number of nitro benzene ring substituents is 1. The lowest BCUT2D eigenvalue weighted by molar-refractivity contribution is -0.385. The van der Waals surface area contributed by atoms with Gasteiger partial charge in [0.05, 0.1) is 39.7 Å². The molecule has 0 bridgehead atoms. The standard InChI is InChI=1S/C15H21FN2O5S/c1-14(2,3)24(22)17-15(4,9-13(19)23-5)11-8-10(18(20)21)6-7-12(11)16/h6-8,17H,9H2,1-5H3. The van der Waals surface area contributed by atoms with Crippen molar-refractivity contribution in [3.8, 4) is 0 Å². The van der Waals surface area contributed by atoms with Gasteiger partial charge < -0.3 is 4.74 Å². The molecule has 0 spiro atoms. The number of carbonyl (C=O) groups excluding carboxylic acids is 1. The number of ether oxygens (including phenoxy) is 1. The molecule has 24 heavy (non-hydrogen) atoms. The molecule has 0 heterocycles. The van der Waals surface area contributed by atoms with E-state index in [9.17, 15) is 23.5 Å². The average molecular weight is 360 g/mol. The second kappa shape index (κ2) is 7.35. The third-order valence-corrected chi connectivity index (χ3v) is 5.10. The van der Waals surface area contributed by atoms with Gasteiger partial charge in [-0.05, 0) is 33.8 Å². The molecular weight excluding hydrogens is 339 g/mol. The fourth-order valence-corrected chi connectivity index (χ4v) is 2.85. The van der Waals surface area contributed by atoms with Crippen molar-refractivity contribution in [1.29, 1.82) is 0 Å². The number of nitro groups is 1. The zero-order valence-electron chi connectivity index (χ0n) is 14.2. The zero-order chi connectivity index (χ0) is 18.7. The van der Waals surface area contributed by atoms with E-state index in [4.69, 9.17) is 0 Å². The van der Waals surface area contributed by atoms with Gasteiger partial charge in [-0.25, -0.2) is 13.3 Å². The Hall–Kier alpha value is -1.87. The topological polar surface area (TPSA) is 98.5 Å². The number of esters is 1. The van der Waals surface area contributed by atoms with Crippen LogP contribution in [0.3, 0.4) is 0 Å². The van der Waals surface area contributed by atoms with Gasteiger partial charge in [0.1, 0.15) is 5.82 Å². The van der Waals surface area contributed by atoms with E-state index < -0.39 is 38.0 Å². The van der Waals surface area contributed by atoms with E-state index in [2.05, 4.69) is 9.46 Å². The van der Waals surface area contributed by atoms with Crippen molar-refractivity contribution in [2.45, 2.75) is 44.4 Å². The molecule has 1 N–H and O–H groups in total. The Labute approximate surface area is 142 Å². The first-order chi connectivity index (χ1) is 10.9. The molecule has 0 aliphatic carbocycles. The van der Waals surface area contributed by atoms with Crippen LogP contribution in [0.15, 0.2) is 18.2 Å². The number of hydrogen-bond donors (Lipinski definition) is 1. The highest BCUT2D eigenvalue weighted by Crippen LogP contribution is 2.32. The summed E-state index contributed by atoms with van der Waals surface area (Å²) in [5, 5.41) is 11.0. The molecule has 1 aromatic carbocycles. The average Bonchev–Trinajstić information content (AvgIpc) is 2.45. The number of hydrogen-bond acceptors (Lipinski definition) is 5. The third-order valence-electron chi connectivity index (χ3n) is 3.35. The molecule has 7 nitrogen and oxygen atoms in total. The summed E-state index contributed by atoms with van der Waals surface area (Å²) in [4.78, 5) is 22.0. The second-order valence-corrected chi connectivity index (χ2v) is 8.46. The van der Waals surface area contributed by atoms with Crippen LogP contribution in [0.5, 0.6) is 0 Å². The Morgan fingerprint density at radius 1 is 1.38 bits per heavy atom. The van der Waals surface area contributed by atoms with Gasteiger partial charge in [-0.2, -0.15) is 0 Å². The van der Waals surface area contributed by atoms with Gasteiger partial charge in [0, 0.05) is 17.7 Å². The molecule has 0 aromatic heterocycles. The van der Waals surface area contributed by atoms with Crippen LogP contribution in [0.25, 0.3) is 0 Å². The van der Waals surface area contributed by atoms with Crippen molar-refractivity contribution >= 4 is 22.6 Å². The van der Waals surface area contributed by atoms with Crippen molar-refractivity contribution in [2.24, 2.45) is 0 Å². The van der Waals surface area contributed by atoms with Crippen LogP contribution in [-0.4, -0.2) is 27.0 Å². The normalized spacial score (nSPS) is 15.4. The molecule has 0 aliphatic heterocycles. The molecule has 0 saturated heterocycles. The van der Waals surface area contributed by atoms with Gasteiger partial charge in [-0.15, -0.1) is 0 Å². The molecule has 134 valence electrons. The monoisotopic (exact) mass is 360 g/mol. The Kier molecular flexibility index (Phi) is 6.18. The number of methoxy groups -OCH3 is 1. The summed E-state index contributed by atoms with van der Waals surface area (Å²) in [5.74, 6) is -1.41. The zero-order valence-corrected chi connectivity index (χ0v) is 15.0. The molecule has 1 aromatic rings. The van der Waals surface area contributed by atoms with E-state index in [1.54, 1.807) is 20.8 Å². The molecule has 9 heteroatoms. The lowest BCUT2D eigenvalue weighted by Gasteiger charge is -2.33. The van der Waals surface area contributed by atoms with Gasteiger partial charge in [0.25, 0.3) is 5.69 Å². The van der Waals surface area contributed by atoms with Crippen LogP contribution in [-0.2, 0) is 26.1 Å². The van der Waals surface area contributed by atoms with Gasteiger partial charge in [-0.1, -0.05) is 0 Å². The van der Waals surface area contributed by atoms with Crippen LogP contribution in [0, 0.1) is 15.9 Å². The highest BCUT2D eigenvalue weighted by Gasteiger charge is 2.37. The first-order valence-corrected chi connectivity index (χ1v) is 8.26. The van der Waals surface area contributed by atoms with Crippen LogP contribution in [0.2, 0.25) is 0 Å². The number of nitrogens with zero attached hydrogens (tertiary/aromatic N) is 1. The maximum absolute atomic E-state index is 14.3. The first kappa shape index (κ1) is 20.2. The Bertz CT molecular complexity index is 674. The third kappa shape index (κ3) is 4.81. The summed E-state index contributed by atoms with van der Waals surface area (Å²) in [6.07, 6.45) is -0.344. The highest BCUT2D eigenvalue weighted by molar-refractivity contribution is 7.84. The predicted molar refractivity (Wildman–Crippen MR) is 88.1 cm³/mol. The summed E-state index contributed by atoms with van der Waals surface area (Å²) in [5.41, 5.74) is -1.90. The van der Waals surface area contributed by atoms with E-state index in [0.717, 1.165) is 18.2 Å². The van der Waals surface area contributed by atoms with Gasteiger partial charge >= 0.3 is 5.97 Å². The summed E-state index contributed by atoms with van der Waals surface area (Å²) < 4.78 is 33.4. The summed E-state index contributed by atoms with van der Waals surface area (Å²) in [6.45, 7) is 6.57. The van der Waals surface area contributed by atoms with Gasteiger partial charge in [-0.3, -0.25) is 14.9 Å². The van der Waals surface area contributed by atoms with Crippen molar-refractivity contribution in [1.82, 2.24) is 4.72 Å². The number of non-ortho nitro benzene ring substituents is 1. The maximum Gasteiger partial charge on any atom is 0.307 e. The van der Waals surface area contributed by atoms with Gasteiger partial charge in [0.15, 0.2) is 0 Å². The van der Waals surface area contributed by atoms with E-state index in [-0.39, 0.29) is 17.7 Å². The van der Waals surface area contributed by atoms with E-state index >= 15 is 0 Å². The molecular formula is C15H21FN2O5S. The number of nitrogens with one attached hydrogen (secondary N) is 1. The minimum atomic E-state index is -1.65. The molecule has 0 saturated carbocycles. The summed E-state index contributed by atoms with van der Waals surface area (Å²) >= 11 is 0. The van der Waals surface area contributed by atoms with Crippen molar-refractivity contribution < 1.29 is 23.1 Å². The molecule has 0 radical (unpaired) electrons. The Morgan fingerprint density at radius 3 is 2.42 bits per heavy atom. The second-order valence-electron chi connectivity index (χ2n) is 6.49.